The van der Waals surface area contributed by atoms with Gasteiger partial charge in [-0.05, 0) is 48.6 Å². The molecule has 25 heavy (non-hydrogen) atoms. The Bertz CT molecular complexity index is 951. The van der Waals surface area contributed by atoms with E-state index >= 15 is 0 Å². The molecule has 0 aliphatic carbocycles. The fraction of sp³-hybridized carbons (Fsp3) is 0.0625. The Morgan fingerprint density at radius 2 is 1.88 bits per heavy atom. The van der Waals surface area contributed by atoms with Gasteiger partial charge in [-0.25, -0.2) is 9.49 Å². The number of rotatable bonds is 5. The van der Waals surface area contributed by atoms with E-state index in [1.54, 1.807) is 18.2 Å². The van der Waals surface area contributed by atoms with Gasteiger partial charge in [-0.3, -0.25) is 0 Å². The molecule has 0 radical (unpaired) electrons. The minimum Gasteiger partial charge on any atom is -0.434 e. The molecule has 0 aliphatic rings. The highest BCUT2D eigenvalue weighted by Gasteiger charge is 2.10. The number of para-hydroxylation sites is 1. The number of aromatic nitrogens is 3. The first kappa shape index (κ1) is 16.9. The SMILES string of the molecule is Fc1ccc(-c2n[nH]c(=S)n2/N=C\c2ccccc2OC(F)F)cc1. The molecule has 1 N–H and O–H groups in total. The lowest BCUT2D eigenvalue weighted by molar-refractivity contribution is -0.0499. The van der Waals surface area contributed by atoms with Crippen molar-refractivity contribution in [3.05, 3.63) is 64.7 Å². The molecular formula is C16H11F3N4OS. The minimum atomic E-state index is -2.94. The summed E-state index contributed by atoms with van der Waals surface area (Å²) in [7, 11) is 0. The zero-order valence-electron chi connectivity index (χ0n) is 12.6. The van der Waals surface area contributed by atoms with Gasteiger partial charge in [-0.2, -0.15) is 23.7 Å². The average molecular weight is 364 g/mol. The van der Waals surface area contributed by atoms with Crippen molar-refractivity contribution in [2.24, 2.45) is 5.10 Å². The van der Waals surface area contributed by atoms with Gasteiger partial charge in [0.05, 0.1) is 6.21 Å². The largest absolute Gasteiger partial charge is 0.434 e. The molecule has 2 aromatic carbocycles. The summed E-state index contributed by atoms with van der Waals surface area (Å²) in [5.41, 5.74) is 0.930. The Kier molecular flexibility index (Phi) is 4.94. The number of nitrogens with zero attached hydrogens (tertiary/aromatic N) is 3. The predicted octanol–water partition coefficient (Wildman–Crippen LogP) is 4.23. The lowest BCUT2D eigenvalue weighted by atomic mass is 10.2. The van der Waals surface area contributed by atoms with Crippen molar-refractivity contribution in [3.8, 4) is 17.1 Å². The zero-order chi connectivity index (χ0) is 17.8. The van der Waals surface area contributed by atoms with Crippen LogP contribution in [0, 0.1) is 10.6 Å². The fourth-order valence-corrected chi connectivity index (χ4v) is 2.27. The van der Waals surface area contributed by atoms with Crippen molar-refractivity contribution in [2.45, 2.75) is 6.61 Å². The quantitative estimate of drug-likeness (QED) is 0.544. The number of halogens is 3. The van der Waals surface area contributed by atoms with Crippen molar-refractivity contribution in [1.29, 1.82) is 0 Å². The van der Waals surface area contributed by atoms with Gasteiger partial charge >= 0.3 is 6.61 Å². The molecule has 0 bridgehead atoms. The molecule has 128 valence electrons. The highest BCUT2D eigenvalue weighted by atomic mass is 32.1. The Morgan fingerprint density at radius 3 is 2.60 bits per heavy atom. The van der Waals surface area contributed by atoms with Crippen molar-refractivity contribution in [3.63, 3.8) is 0 Å². The molecule has 3 aromatic rings. The highest BCUT2D eigenvalue weighted by molar-refractivity contribution is 7.71. The maximum atomic E-state index is 13.1. The smallest absolute Gasteiger partial charge is 0.387 e. The van der Waals surface area contributed by atoms with Crippen molar-refractivity contribution in [1.82, 2.24) is 14.9 Å². The number of alkyl halides is 2. The van der Waals surface area contributed by atoms with Crippen LogP contribution in [0.3, 0.4) is 0 Å². The first-order valence-electron chi connectivity index (χ1n) is 7.06. The van der Waals surface area contributed by atoms with Crippen LogP contribution < -0.4 is 4.74 Å². The van der Waals surface area contributed by atoms with E-state index < -0.39 is 6.61 Å². The molecule has 0 spiro atoms. The van der Waals surface area contributed by atoms with E-state index in [0.717, 1.165) is 0 Å². The van der Waals surface area contributed by atoms with E-state index in [2.05, 4.69) is 20.0 Å². The topological polar surface area (TPSA) is 55.2 Å². The van der Waals surface area contributed by atoms with Crippen LogP contribution in [0.25, 0.3) is 11.4 Å². The molecule has 1 heterocycles. The number of aromatic amines is 1. The molecular weight excluding hydrogens is 353 g/mol. The fourth-order valence-electron chi connectivity index (χ4n) is 2.10. The summed E-state index contributed by atoms with van der Waals surface area (Å²) in [6.45, 7) is -2.94. The summed E-state index contributed by atoms with van der Waals surface area (Å²) in [6.07, 6.45) is 1.33. The molecule has 0 atom stereocenters. The highest BCUT2D eigenvalue weighted by Crippen LogP contribution is 2.20. The summed E-state index contributed by atoms with van der Waals surface area (Å²) >= 11 is 5.12. The lowest BCUT2D eigenvalue weighted by Gasteiger charge is -2.07. The maximum Gasteiger partial charge on any atom is 0.387 e. The number of nitrogens with one attached hydrogen (secondary N) is 1. The van der Waals surface area contributed by atoms with Crippen LogP contribution in [-0.4, -0.2) is 27.7 Å². The van der Waals surface area contributed by atoms with Crippen molar-refractivity contribution >= 4 is 18.4 Å². The number of hydrogen-bond donors (Lipinski definition) is 1. The third-order valence-electron chi connectivity index (χ3n) is 3.20. The van der Waals surface area contributed by atoms with Gasteiger partial charge in [0, 0.05) is 11.1 Å². The van der Waals surface area contributed by atoms with Gasteiger partial charge in [0.2, 0.25) is 4.77 Å². The summed E-state index contributed by atoms with van der Waals surface area (Å²) in [5.74, 6) is -0.0425. The molecule has 5 nitrogen and oxygen atoms in total. The molecule has 0 fully saturated rings. The molecule has 0 unspecified atom stereocenters. The Hall–Kier alpha value is -2.94. The first-order valence-corrected chi connectivity index (χ1v) is 7.47. The molecule has 0 amide bonds. The van der Waals surface area contributed by atoms with Crippen LogP contribution >= 0.6 is 12.2 Å². The van der Waals surface area contributed by atoms with Crippen LogP contribution in [-0.2, 0) is 0 Å². The monoisotopic (exact) mass is 364 g/mol. The van der Waals surface area contributed by atoms with Crippen LogP contribution in [0.1, 0.15) is 5.56 Å². The third-order valence-corrected chi connectivity index (χ3v) is 3.46. The van der Waals surface area contributed by atoms with Gasteiger partial charge in [0.15, 0.2) is 5.82 Å². The number of benzene rings is 2. The van der Waals surface area contributed by atoms with Crippen molar-refractivity contribution < 1.29 is 17.9 Å². The lowest BCUT2D eigenvalue weighted by Crippen LogP contribution is -2.04. The van der Waals surface area contributed by atoms with Crippen molar-refractivity contribution in [2.75, 3.05) is 0 Å². The van der Waals surface area contributed by atoms with Gasteiger partial charge in [0.1, 0.15) is 11.6 Å². The molecule has 1 aromatic heterocycles. The molecule has 0 saturated heterocycles. The van der Waals surface area contributed by atoms with E-state index in [1.807, 2.05) is 0 Å². The van der Waals surface area contributed by atoms with Crippen LogP contribution in [0.15, 0.2) is 53.6 Å². The molecule has 0 aliphatic heterocycles. The normalized spacial score (nSPS) is 11.4. The first-order chi connectivity index (χ1) is 12.0. The maximum absolute atomic E-state index is 13.1. The average Bonchev–Trinajstić information content (AvgIpc) is 2.95. The summed E-state index contributed by atoms with van der Waals surface area (Å²) in [4.78, 5) is 0. The van der Waals surface area contributed by atoms with E-state index in [0.29, 0.717) is 17.0 Å². The molecule has 3 rings (SSSR count). The van der Waals surface area contributed by atoms with E-state index in [4.69, 9.17) is 12.2 Å². The number of hydrogen-bond acceptors (Lipinski definition) is 4. The third kappa shape index (κ3) is 3.94. The van der Waals surface area contributed by atoms with E-state index in [9.17, 15) is 13.2 Å². The zero-order valence-corrected chi connectivity index (χ0v) is 13.4. The molecule has 0 saturated carbocycles. The van der Waals surface area contributed by atoms with Gasteiger partial charge in [0.25, 0.3) is 0 Å². The summed E-state index contributed by atoms with van der Waals surface area (Å²) in [5, 5.41) is 10.8. The Balaban J connectivity index is 1.97. The predicted molar refractivity (Wildman–Crippen MR) is 88.9 cm³/mol. The molecule has 9 heteroatoms. The Labute approximate surface area is 145 Å². The van der Waals surface area contributed by atoms with Gasteiger partial charge in [-0.15, -0.1) is 0 Å². The van der Waals surface area contributed by atoms with Crippen LogP contribution in [0.2, 0.25) is 0 Å². The second-order valence-corrected chi connectivity index (χ2v) is 5.22. The summed E-state index contributed by atoms with van der Waals surface area (Å²) in [6, 6.07) is 11.8. The van der Waals surface area contributed by atoms with Gasteiger partial charge in [-0.1, -0.05) is 12.1 Å². The standard InChI is InChI=1S/C16H11F3N4OS/c17-12-7-5-10(6-8-12)14-21-22-16(25)23(14)20-9-11-3-1-2-4-13(11)24-15(18)19/h1-9,15H,(H,22,25)/b20-9-. The van der Waals surface area contributed by atoms with Crippen LogP contribution in [0.5, 0.6) is 5.75 Å². The van der Waals surface area contributed by atoms with E-state index in [1.165, 1.54) is 41.2 Å². The van der Waals surface area contributed by atoms with E-state index in [-0.39, 0.29) is 16.3 Å². The Morgan fingerprint density at radius 1 is 1.16 bits per heavy atom. The minimum absolute atomic E-state index is 0.0143. The van der Waals surface area contributed by atoms with Gasteiger partial charge < -0.3 is 4.74 Å². The number of ether oxygens (including phenoxy) is 1. The second-order valence-electron chi connectivity index (χ2n) is 4.83. The van der Waals surface area contributed by atoms with Crippen LogP contribution in [0.4, 0.5) is 13.2 Å². The summed E-state index contributed by atoms with van der Waals surface area (Å²) < 4.78 is 43.9. The second kappa shape index (κ2) is 7.31. The number of H-pyrrole nitrogens is 1.